The van der Waals surface area contributed by atoms with E-state index >= 15 is 0 Å². The van der Waals surface area contributed by atoms with Gasteiger partial charge < -0.3 is 0 Å². The number of rotatable bonds is 3. The molecule has 4 aromatic rings. The van der Waals surface area contributed by atoms with Gasteiger partial charge in [0.1, 0.15) is 51.0 Å². The molecule has 0 aliphatic carbocycles. The number of benzene rings is 3. The minimum Gasteiger partial charge on any atom is -0.226 e. The summed E-state index contributed by atoms with van der Waals surface area (Å²) in [4.78, 5) is 32.2. The molecular weight excluding hydrogens is 942 g/mol. The van der Waals surface area contributed by atoms with Gasteiger partial charge in [0.25, 0.3) is 0 Å². The molecule has 3 aromatic carbocycles. The summed E-state index contributed by atoms with van der Waals surface area (Å²) in [6, 6.07) is 3.09. The minimum absolute atomic E-state index is 0.0804. The van der Waals surface area contributed by atoms with Crippen molar-refractivity contribution in [2.45, 2.75) is 37.1 Å². The third-order valence-electron chi connectivity index (χ3n) is 8.81. The Kier molecular flexibility index (Phi) is 10.4. The van der Waals surface area contributed by atoms with Crippen molar-refractivity contribution in [1.82, 2.24) is 15.0 Å². The molecule has 0 saturated heterocycles. The van der Waals surface area contributed by atoms with Crippen LogP contribution in [0.4, 0.5) is 79.0 Å². The van der Waals surface area contributed by atoms with Gasteiger partial charge in [-0.1, -0.05) is 0 Å². The van der Waals surface area contributed by atoms with Gasteiger partial charge in [-0.2, -0.15) is 94.8 Å². The molecule has 0 fully saturated rings. The first-order valence-electron chi connectivity index (χ1n) is 16.8. The van der Waals surface area contributed by atoms with Gasteiger partial charge in [-0.3, -0.25) is 0 Å². The highest BCUT2D eigenvalue weighted by Crippen LogP contribution is 2.37. The Hall–Kier alpha value is -8.10. The maximum atomic E-state index is 14.0. The van der Waals surface area contributed by atoms with Crippen molar-refractivity contribution in [3.05, 3.63) is 137 Å². The standard InChI is InChI=1S/C36H6F18N12/c37-31(38,39)10-1-16(34(46,47)48)22-19(4-10)58-25(61-22)13(7-55)28-64-29(14(8-56)26-59-20-5-11(32(40,41)42)2-17(23(20)62-26)35(49,50)51)66-30(65-28)15(9-57)27-60-21-6-12(33(43,44)45)3-18(24(21)63-27)36(52,53)54/h1-6H. The molecule has 66 heavy (non-hydrogen) atoms. The molecule has 3 aliphatic rings. The van der Waals surface area contributed by atoms with Crippen LogP contribution in [0, 0.1) is 34.0 Å². The molecule has 4 heterocycles. The van der Waals surface area contributed by atoms with Crippen molar-refractivity contribution in [2.75, 3.05) is 0 Å². The van der Waals surface area contributed by atoms with Crippen LogP contribution >= 0.6 is 0 Å². The summed E-state index contributed by atoms with van der Waals surface area (Å²) in [5, 5.41) is 23.2. The van der Waals surface area contributed by atoms with Gasteiger partial charge in [0, 0.05) is 0 Å². The average molecular weight is 948 g/mol. The molecule has 30 heteroatoms. The zero-order valence-corrected chi connectivity index (χ0v) is 30.6. The predicted molar refractivity (Wildman–Crippen MR) is 174 cm³/mol. The molecule has 336 valence electrons. The molecule has 0 bridgehead atoms. The fraction of sp³-hybridized carbons (Fsp3) is 0.167. The normalized spacial score (nSPS) is 14.5. The summed E-state index contributed by atoms with van der Waals surface area (Å²) in [6.45, 7) is 0. The third kappa shape index (κ3) is 8.37. The van der Waals surface area contributed by atoms with Crippen LogP contribution in [0.1, 0.15) is 50.9 Å². The summed E-state index contributed by atoms with van der Waals surface area (Å²) in [5.41, 5.74) is -15.6. The second-order valence-electron chi connectivity index (χ2n) is 13.1. The van der Waals surface area contributed by atoms with Crippen LogP contribution in [-0.4, -0.2) is 15.0 Å². The van der Waals surface area contributed by atoms with Crippen LogP contribution in [0.2, 0.25) is 0 Å². The van der Waals surface area contributed by atoms with E-state index in [2.05, 4.69) is 44.9 Å². The van der Waals surface area contributed by atoms with E-state index in [1.165, 1.54) is 18.2 Å². The zero-order chi connectivity index (χ0) is 48.9. The van der Waals surface area contributed by atoms with Gasteiger partial charge in [0.2, 0.25) is 0 Å². The van der Waals surface area contributed by atoms with E-state index < -0.39 is 154 Å². The molecule has 0 unspecified atom stereocenters. The van der Waals surface area contributed by atoms with Crippen LogP contribution < -0.4 is 32.1 Å². The van der Waals surface area contributed by atoms with Crippen molar-refractivity contribution >= 4 is 16.7 Å². The SMILES string of the molecule is N#CC(=C1N=c2cc(C(F)(F)F)cc(C(F)(F)F)c2=N1)c1nc(C(C#N)=C2N=c3cc(C(F)(F)F)cc(C(F)(F)F)c3=N2)nc(C(C#N)=C2N=c3cc(C(F)(F)F)cc(C(F)(F)F)c3=N2)n1. The average Bonchev–Trinajstić information content (AvgIpc) is 3.92. The quantitative estimate of drug-likeness (QED) is 0.169. The molecule has 1 aromatic heterocycles. The molecule has 7 rings (SSSR count). The van der Waals surface area contributed by atoms with E-state index in [4.69, 9.17) is 0 Å². The van der Waals surface area contributed by atoms with Crippen molar-refractivity contribution in [3.63, 3.8) is 0 Å². The monoisotopic (exact) mass is 948 g/mol. The Labute approximate surface area is 348 Å². The van der Waals surface area contributed by atoms with Crippen molar-refractivity contribution in [3.8, 4) is 18.2 Å². The van der Waals surface area contributed by atoms with Crippen LogP contribution in [0.25, 0.3) is 16.7 Å². The second-order valence-corrected chi connectivity index (χ2v) is 13.1. The van der Waals surface area contributed by atoms with Crippen molar-refractivity contribution in [1.29, 1.82) is 15.8 Å². The fourth-order valence-electron chi connectivity index (χ4n) is 5.99. The lowest BCUT2D eigenvalue weighted by molar-refractivity contribution is -0.145. The first-order chi connectivity index (χ1) is 30.3. The first kappa shape index (κ1) is 45.9. The summed E-state index contributed by atoms with van der Waals surface area (Å²) < 4.78 is 249. The number of aromatic nitrogens is 3. The lowest BCUT2D eigenvalue weighted by atomic mass is 10.1. The van der Waals surface area contributed by atoms with Gasteiger partial charge in [-0.05, 0) is 36.4 Å². The Bertz CT molecular complexity index is 3100. The molecule has 12 nitrogen and oxygen atoms in total. The number of alkyl halides is 18. The van der Waals surface area contributed by atoms with Gasteiger partial charge in [0.05, 0.1) is 49.5 Å². The highest BCUT2D eigenvalue weighted by Gasteiger charge is 2.42. The molecule has 0 spiro atoms. The summed E-state index contributed by atoms with van der Waals surface area (Å²) >= 11 is 0. The molecule has 3 aliphatic heterocycles. The number of nitriles is 3. The van der Waals surface area contributed by atoms with E-state index in [0.717, 1.165) is 0 Å². The molecule has 0 radical (unpaired) electrons. The molecule has 0 atom stereocenters. The van der Waals surface area contributed by atoms with Crippen LogP contribution in [0.5, 0.6) is 0 Å². The Morgan fingerprint density at radius 1 is 0.333 bits per heavy atom. The van der Waals surface area contributed by atoms with Crippen LogP contribution in [0.3, 0.4) is 0 Å². The first-order valence-corrected chi connectivity index (χ1v) is 16.8. The maximum absolute atomic E-state index is 14.0. The predicted octanol–water partition coefficient (Wildman–Crippen LogP) is 6.42. The second kappa shape index (κ2) is 15.0. The molecule has 0 saturated carbocycles. The van der Waals surface area contributed by atoms with Gasteiger partial charge in [0.15, 0.2) is 34.9 Å². The number of hydrogen-bond donors (Lipinski definition) is 0. The van der Waals surface area contributed by atoms with Crippen LogP contribution in [-0.2, 0) is 37.1 Å². The Morgan fingerprint density at radius 3 is 0.742 bits per heavy atom. The molecule has 0 N–H and O–H groups in total. The molecule has 0 amide bonds. The highest BCUT2D eigenvalue weighted by atomic mass is 19.4. The minimum atomic E-state index is -5.57. The van der Waals surface area contributed by atoms with Gasteiger partial charge in [-0.15, -0.1) is 0 Å². The van der Waals surface area contributed by atoms with E-state index in [-0.39, 0.29) is 36.4 Å². The Balaban J connectivity index is 1.57. The number of fused-ring (bicyclic) bond motifs is 3. The van der Waals surface area contributed by atoms with Crippen molar-refractivity contribution in [2.24, 2.45) is 30.0 Å². The third-order valence-corrected chi connectivity index (χ3v) is 8.81. The lowest BCUT2D eigenvalue weighted by Crippen LogP contribution is -2.32. The number of halogens is 18. The van der Waals surface area contributed by atoms with Gasteiger partial charge >= 0.3 is 37.1 Å². The largest absolute Gasteiger partial charge is 0.418 e. The van der Waals surface area contributed by atoms with E-state index in [1.807, 2.05) is 0 Å². The Morgan fingerprint density at radius 2 is 0.561 bits per heavy atom. The zero-order valence-electron chi connectivity index (χ0n) is 30.6. The van der Waals surface area contributed by atoms with E-state index in [0.29, 0.717) is 0 Å². The number of nitrogens with zero attached hydrogens (tertiary/aromatic N) is 12. The van der Waals surface area contributed by atoms with Crippen molar-refractivity contribution < 1.29 is 79.0 Å². The van der Waals surface area contributed by atoms with Gasteiger partial charge in [-0.25, -0.2) is 44.9 Å². The van der Waals surface area contributed by atoms with E-state index in [9.17, 15) is 94.8 Å². The molecular formula is C36H6F18N12. The smallest absolute Gasteiger partial charge is 0.226 e. The van der Waals surface area contributed by atoms with Crippen LogP contribution in [0.15, 0.2) is 83.8 Å². The summed E-state index contributed by atoms with van der Waals surface area (Å²) in [5.74, 6) is -7.58. The lowest BCUT2D eigenvalue weighted by Gasteiger charge is -2.10. The fourth-order valence-corrected chi connectivity index (χ4v) is 5.99. The maximum Gasteiger partial charge on any atom is 0.418 e. The summed E-state index contributed by atoms with van der Waals surface area (Å²) in [7, 11) is 0. The highest BCUT2D eigenvalue weighted by molar-refractivity contribution is 5.82. The topological polar surface area (TPSA) is 184 Å². The number of hydrogen-bond acceptors (Lipinski definition) is 12. The van der Waals surface area contributed by atoms with E-state index in [1.54, 1.807) is 0 Å². The number of allylic oxidation sites excluding steroid dienone is 3. The summed E-state index contributed by atoms with van der Waals surface area (Å²) in [6.07, 6.45) is -33.0.